The molecule has 0 aromatic heterocycles. The highest BCUT2D eigenvalue weighted by Crippen LogP contribution is 2.19. The normalized spacial score (nSPS) is 14.4. The van der Waals surface area contributed by atoms with Crippen molar-refractivity contribution < 1.29 is 23.4 Å². The van der Waals surface area contributed by atoms with Crippen molar-refractivity contribution in [2.24, 2.45) is 5.41 Å². The molecule has 7 nitrogen and oxygen atoms in total. The van der Waals surface area contributed by atoms with E-state index in [0.717, 1.165) is 0 Å². The monoisotopic (exact) mass is 268 g/mol. The lowest BCUT2D eigenvalue weighted by Gasteiger charge is -2.27. The number of hydrogen-bond acceptors (Lipinski definition) is 5. The van der Waals surface area contributed by atoms with Crippen molar-refractivity contribution >= 4 is 15.9 Å². The van der Waals surface area contributed by atoms with E-state index < -0.39 is 27.4 Å². The highest BCUT2D eigenvalue weighted by Gasteiger charge is 2.32. The summed E-state index contributed by atoms with van der Waals surface area (Å²) in [7, 11) is -2.10. The van der Waals surface area contributed by atoms with Gasteiger partial charge in [0.2, 0.25) is 15.9 Å². The van der Waals surface area contributed by atoms with Gasteiger partial charge in [-0.1, -0.05) is 13.8 Å². The van der Waals surface area contributed by atoms with E-state index in [1.807, 2.05) is 0 Å². The van der Waals surface area contributed by atoms with E-state index in [2.05, 4.69) is 10.0 Å². The lowest BCUT2D eigenvalue weighted by Crippen LogP contribution is -2.46. The summed E-state index contributed by atoms with van der Waals surface area (Å²) in [4.78, 5) is 11.4. The lowest BCUT2D eigenvalue weighted by molar-refractivity contribution is -0.136. The number of aliphatic hydroxyl groups excluding tert-OH is 2. The van der Waals surface area contributed by atoms with Crippen LogP contribution in [0.15, 0.2) is 0 Å². The van der Waals surface area contributed by atoms with Crippen molar-refractivity contribution in [3.8, 4) is 0 Å². The number of amides is 1. The summed E-state index contributed by atoms with van der Waals surface area (Å²) in [6, 6.07) is 0. The Morgan fingerprint density at radius 3 is 2.35 bits per heavy atom. The van der Waals surface area contributed by atoms with E-state index in [1.165, 1.54) is 20.9 Å². The van der Waals surface area contributed by atoms with Crippen molar-refractivity contribution in [1.82, 2.24) is 10.0 Å². The fourth-order valence-electron chi connectivity index (χ4n) is 0.949. The van der Waals surface area contributed by atoms with Gasteiger partial charge in [0.1, 0.15) is 6.10 Å². The molecule has 0 aliphatic rings. The van der Waals surface area contributed by atoms with Gasteiger partial charge in [0.15, 0.2) is 0 Å². The van der Waals surface area contributed by atoms with Gasteiger partial charge < -0.3 is 15.5 Å². The lowest BCUT2D eigenvalue weighted by atomic mass is 9.87. The van der Waals surface area contributed by atoms with Crippen LogP contribution in [0.1, 0.15) is 13.8 Å². The molecule has 0 rings (SSSR count). The fraction of sp³-hybridized carbons (Fsp3) is 0.889. The molecule has 0 aliphatic carbocycles. The summed E-state index contributed by atoms with van der Waals surface area (Å²) >= 11 is 0. The fourth-order valence-corrected chi connectivity index (χ4v) is 1.52. The van der Waals surface area contributed by atoms with Crippen LogP contribution >= 0.6 is 0 Å². The van der Waals surface area contributed by atoms with Crippen molar-refractivity contribution in [2.75, 3.05) is 26.0 Å². The smallest absolute Gasteiger partial charge is 0.249 e. The largest absolute Gasteiger partial charge is 0.396 e. The van der Waals surface area contributed by atoms with Gasteiger partial charge in [-0.05, 0) is 7.05 Å². The summed E-state index contributed by atoms with van der Waals surface area (Å²) < 4.78 is 24.2. The van der Waals surface area contributed by atoms with Gasteiger partial charge in [-0.15, -0.1) is 0 Å². The van der Waals surface area contributed by atoms with Crippen molar-refractivity contribution in [3.63, 3.8) is 0 Å². The van der Waals surface area contributed by atoms with Gasteiger partial charge in [0, 0.05) is 12.0 Å². The van der Waals surface area contributed by atoms with E-state index in [-0.39, 0.29) is 18.9 Å². The first-order valence-electron chi connectivity index (χ1n) is 5.14. The molecular formula is C9H20N2O5S. The number of carbonyl (C=O) groups is 1. The molecule has 0 spiro atoms. The van der Waals surface area contributed by atoms with Crippen LogP contribution in [-0.4, -0.2) is 56.6 Å². The zero-order chi connectivity index (χ0) is 13.7. The molecule has 1 atom stereocenters. The molecule has 102 valence electrons. The molecular weight excluding hydrogens is 248 g/mol. The first kappa shape index (κ1) is 16.3. The summed E-state index contributed by atoms with van der Waals surface area (Å²) in [5.41, 5.74) is -0.966. The maximum atomic E-state index is 11.4. The molecule has 17 heavy (non-hydrogen) atoms. The third-order valence-corrected chi connectivity index (χ3v) is 3.74. The van der Waals surface area contributed by atoms with E-state index in [4.69, 9.17) is 5.11 Å². The van der Waals surface area contributed by atoms with Crippen LogP contribution in [-0.2, 0) is 14.8 Å². The Kier molecular flexibility index (Phi) is 6.03. The third-order valence-electron chi connectivity index (χ3n) is 2.38. The molecule has 0 saturated carbocycles. The van der Waals surface area contributed by atoms with Crippen molar-refractivity contribution in [2.45, 2.75) is 20.0 Å². The molecule has 0 bridgehead atoms. The molecule has 8 heteroatoms. The Bertz CT molecular complexity index is 352. The molecule has 0 radical (unpaired) electrons. The van der Waals surface area contributed by atoms with Crippen molar-refractivity contribution in [3.05, 3.63) is 0 Å². The molecule has 0 heterocycles. The highest BCUT2D eigenvalue weighted by molar-refractivity contribution is 7.89. The zero-order valence-corrected chi connectivity index (χ0v) is 11.0. The SMILES string of the molecule is CNS(=O)(=O)CCNC(=O)[C@H](O)C(C)(C)CO. The predicted octanol–water partition coefficient (Wildman–Crippen LogP) is -1.97. The van der Waals surface area contributed by atoms with Gasteiger partial charge in [0.05, 0.1) is 12.4 Å². The van der Waals surface area contributed by atoms with E-state index >= 15 is 0 Å². The number of hydrogen-bond donors (Lipinski definition) is 4. The number of rotatable bonds is 7. The topological polar surface area (TPSA) is 116 Å². The number of carbonyl (C=O) groups excluding carboxylic acids is 1. The maximum Gasteiger partial charge on any atom is 0.249 e. The minimum absolute atomic E-state index is 0.0967. The molecule has 0 saturated heterocycles. The first-order chi connectivity index (χ1) is 7.66. The average molecular weight is 268 g/mol. The van der Waals surface area contributed by atoms with Crippen LogP contribution in [0.25, 0.3) is 0 Å². The Hall–Kier alpha value is -0.700. The Morgan fingerprint density at radius 2 is 1.94 bits per heavy atom. The second-order valence-electron chi connectivity index (χ2n) is 4.36. The summed E-state index contributed by atoms with van der Waals surface area (Å²) in [6.07, 6.45) is -1.38. The van der Waals surface area contributed by atoms with Crippen LogP contribution in [0.2, 0.25) is 0 Å². The van der Waals surface area contributed by atoms with Gasteiger partial charge in [-0.2, -0.15) is 0 Å². The van der Waals surface area contributed by atoms with E-state index in [0.29, 0.717) is 0 Å². The van der Waals surface area contributed by atoms with Gasteiger partial charge in [-0.25, -0.2) is 13.1 Å². The quantitative estimate of drug-likeness (QED) is 0.427. The van der Waals surface area contributed by atoms with Gasteiger partial charge in [-0.3, -0.25) is 4.79 Å². The van der Waals surface area contributed by atoms with Crippen molar-refractivity contribution in [1.29, 1.82) is 0 Å². The zero-order valence-electron chi connectivity index (χ0n) is 10.2. The summed E-state index contributed by atoms with van der Waals surface area (Å²) in [5.74, 6) is -0.961. The summed E-state index contributed by atoms with van der Waals surface area (Å²) in [6.45, 7) is 2.61. The average Bonchev–Trinajstić information content (AvgIpc) is 2.27. The second kappa shape index (κ2) is 6.29. The molecule has 0 unspecified atom stereocenters. The van der Waals surface area contributed by atoms with Gasteiger partial charge >= 0.3 is 0 Å². The molecule has 0 aromatic carbocycles. The minimum Gasteiger partial charge on any atom is -0.396 e. The van der Waals surface area contributed by atoms with Crippen LogP contribution in [0.4, 0.5) is 0 Å². The Balaban J connectivity index is 4.21. The van der Waals surface area contributed by atoms with Crippen LogP contribution in [0, 0.1) is 5.41 Å². The Morgan fingerprint density at radius 1 is 1.41 bits per heavy atom. The Labute approximate surface area is 101 Å². The van der Waals surface area contributed by atoms with Crippen LogP contribution < -0.4 is 10.0 Å². The first-order valence-corrected chi connectivity index (χ1v) is 6.79. The molecule has 0 aromatic rings. The van der Waals surface area contributed by atoms with Crippen LogP contribution in [0.5, 0.6) is 0 Å². The number of nitrogens with one attached hydrogen (secondary N) is 2. The standard InChI is InChI=1S/C9H20N2O5S/c1-9(2,6-12)7(13)8(14)11-4-5-17(15,16)10-3/h7,10,12-13H,4-6H2,1-3H3,(H,11,14)/t7-/m0/s1. The second-order valence-corrected chi connectivity index (χ2v) is 6.41. The highest BCUT2D eigenvalue weighted by atomic mass is 32.2. The maximum absolute atomic E-state index is 11.4. The molecule has 1 amide bonds. The number of aliphatic hydroxyl groups is 2. The predicted molar refractivity (Wildman–Crippen MR) is 62.7 cm³/mol. The van der Waals surface area contributed by atoms with Crippen LogP contribution in [0.3, 0.4) is 0 Å². The third kappa shape index (κ3) is 5.44. The number of sulfonamides is 1. The van der Waals surface area contributed by atoms with Gasteiger partial charge in [0.25, 0.3) is 0 Å². The summed E-state index contributed by atoms with van der Waals surface area (Å²) in [5, 5.41) is 20.8. The molecule has 0 fully saturated rings. The van der Waals surface area contributed by atoms with E-state index in [1.54, 1.807) is 0 Å². The molecule has 0 aliphatic heterocycles. The van der Waals surface area contributed by atoms with E-state index in [9.17, 15) is 18.3 Å². The molecule has 4 N–H and O–H groups in total. The minimum atomic E-state index is -3.38.